The van der Waals surface area contributed by atoms with E-state index in [1.807, 2.05) is 36.4 Å². The van der Waals surface area contributed by atoms with Gasteiger partial charge in [-0.3, -0.25) is 5.43 Å². The molecule has 0 bridgehead atoms. The highest BCUT2D eigenvalue weighted by Gasteiger charge is 2.08. The Morgan fingerprint density at radius 2 is 1.85 bits per heavy atom. The number of fused-ring (bicyclic) bond motifs is 1. The van der Waals surface area contributed by atoms with Crippen LogP contribution in [0.1, 0.15) is 11.1 Å². The average Bonchev–Trinajstić information content (AvgIpc) is 2.80. The van der Waals surface area contributed by atoms with E-state index in [9.17, 15) is 4.79 Å². The second-order valence-electron chi connectivity index (χ2n) is 6.87. The molecule has 0 unspecified atom stereocenters. The number of nitrogens with one attached hydrogen (secondary N) is 2. The van der Waals surface area contributed by atoms with E-state index < -0.39 is 5.63 Å². The molecule has 0 saturated heterocycles. The average molecular weight is 498 g/mol. The molecule has 6 nitrogen and oxygen atoms in total. The smallest absolute Gasteiger partial charge is 0.342 e. The molecular weight excluding hydrogens is 481 g/mol. The van der Waals surface area contributed by atoms with E-state index in [1.165, 1.54) is 0 Å². The maximum absolute atomic E-state index is 12.3. The van der Waals surface area contributed by atoms with Gasteiger partial charge in [0, 0.05) is 16.0 Å². The minimum atomic E-state index is -0.432. The Morgan fingerprint density at radius 3 is 2.70 bits per heavy atom. The highest BCUT2D eigenvalue weighted by molar-refractivity contribution is 7.80. The summed E-state index contributed by atoms with van der Waals surface area (Å²) in [5.74, 6) is 0.551. The second-order valence-corrected chi connectivity index (χ2v) is 8.12. The lowest BCUT2D eigenvalue weighted by molar-refractivity contribution is 0.300. The van der Waals surface area contributed by atoms with Crippen LogP contribution in [-0.2, 0) is 6.61 Å². The minimum Gasteiger partial charge on any atom is -0.488 e. The molecule has 0 saturated carbocycles. The van der Waals surface area contributed by atoms with Crippen molar-refractivity contribution in [1.29, 1.82) is 0 Å². The third kappa shape index (κ3) is 5.90. The molecule has 0 aliphatic heterocycles. The van der Waals surface area contributed by atoms with E-state index in [4.69, 9.17) is 44.6 Å². The largest absolute Gasteiger partial charge is 0.488 e. The number of hydrogen-bond donors (Lipinski definition) is 2. The van der Waals surface area contributed by atoms with E-state index in [2.05, 4.69) is 15.8 Å². The quantitative estimate of drug-likeness (QED) is 0.147. The van der Waals surface area contributed by atoms with Crippen molar-refractivity contribution in [3.63, 3.8) is 0 Å². The van der Waals surface area contributed by atoms with Gasteiger partial charge >= 0.3 is 5.63 Å². The Balaban J connectivity index is 1.41. The molecule has 1 heterocycles. The predicted molar refractivity (Wildman–Crippen MR) is 137 cm³/mol. The zero-order valence-corrected chi connectivity index (χ0v) is 19.4. The molecule has 2 N–H and O–H groups in total. The lowest BCUT2D eigenvalue weighted by Gasteiger charge is -2.10. The molecule has 4 rings (SSSR count). The number of hydrogen-bond acceptors (Lipinski definition) is 5. The molecule has 4 aromatic rings. The molecule has 1 aromatic heterocycles. The van der Waals surface area contributed by atoms with E-state index in [0.717, 1.165) is 5.39 Å². The third-order valence-corrected chi connectivity index (χ3v) is 5.31. The van der Waals surface area contributed by atoms with Crippen LogP contribution in [0.5, 0.6) is 5.75 Å². The van der Waals surface area contributed by atoms with E-state index in [1.54, 1.807) is 42.6 Å². The molecule has 3 aromatic carbocycles. The van der Waals surface area contributed by atoms with E-state index in [-0.39, 0.29) is 11.7 Å². The predicted octanol–water partition coefficient (Wildman–Crippen LogP) is 6.00. The molecule has 0 spiro atoms. The van der Waals surface area contributed by atoms with Crippen LogP contribution in [0.25, 0.3) is 11.0 Å². The third-order valence-electron chi connectivity index (χ3n) is 4.56. The summed E-state index contributed by atoms with van der Waals surface area (Å²) in [5, 5.41) is 9.14. The molecule has 9 heteroatoms. The second kappa shape index (κ2) is 10.5. The lowest BCUT2D eigenvalue weighted by atomic mass is 10.2. The molecule has 33 heavy (non-hydrogen) atoms. The summed E-state index contributed by atoms with van der Waals surface area (Å²) in [6.45, 7) is 0.0560. The SMILES string of the molecule is O=c1oc2ccccc2cc1COc1ccccc1/C=N/NC(=S)Nc1ccc(Cl)cc1Cl. The highest BCUT2D eigenvalue weighted by atomic mass is 35.5. The number of para-hydroxylation sites is 2. The van der Waals surface area contributed by atoms with Crippen molar-refractivity contribution in [1.82, 2.24) is 5.43 Å². The summed E-state index contributed by atoms with van der Waals surface area (Å²) in [6, 6.07) is 21.4. The number of ether oxygens (including phenoxy) is 1. The number of benzene rings is 3. The monoisotopic (exact) mass is 497 g/mol. The number of rotatable bonds is 6. The standard InChI is InChI=1S/C24H17Cl2N3O3S/c25-18-9-10-20(19(26)12-18)28-24(33)29-27-13-16-6-2-3-7-21(16)31-14-17-11-15-5-1-4-8-22(15)32-23(17)30/h1-13H,14H2,(H2,28,29,33)/b27-13+. The van der Waals surface area contributed by atoms with Gasteiger partial charge < -0.3 is 14.5 Å². The Bertz CT molecular complexity index is 1410. The lowest BCUT2D eigenvalue weighted by Crippen LogP contribution is -2.24. The van der Waals surface area contributed by atoms with Crippen molar-refractivity contribution in [3.8, 4) is 5.75 Å². The molecule has 0 atom stereocenters. The number of anilines is 1. The van der Waals surface area contributed by atoms with Crippen molar-refractivity contribution in [3.05, 3.63) is 104 Å². The van der Waals surface area contributed by atoms with Crippen LogP contribution in [0.3, 0.4) is 0 Å². The minimum absolute atomic E-state index is 0.0560. The molecule has 0 fully saturated rings. The number of hydrazone groups is 1. The van der Waals surface area contributed by atoms with Gasteiger partial charge in [0.15, 0.2) is 5.11 Å². The van der Waals surface area contributed by atoms with Gasteiger partial charge in [-0.05, 0) is 54.7 Å². The van der Waals surface area contributed by atoms with Crippen LogP contribution in [-0.4, -0.2) is 11.3 Å². The summed E-state index contributed by atoms with van der Waals surface area (Å²) in [7, 11) is 0. The van der Waals surface area contributed by atoms with Gasteiger partial charge in [-0.25, -0.2) is 4.79 Å². The number of thiocarbonyl (C=S) groups is 1. The van der Waals surface area contributed by atoms with E-state index in [0.29, 0.717) is 38.2 Å². The molecule has 166 valence electrons. The van der Waals surface area contributed by atoms with Gasteiger partial charge in [-0.15, -0.1) is 0 Å². The summed E-state index contributed by atoms with van der Waals surface area (Å²) in [5.41, 5.74) is 4.55. The van der Waals surface area contributed by atoms with Crippen LogP contribution in [0.2, 0.25) is 10.0 Å². The van der Waals surface area contributed by atoms with Crippen molar-refractivity contribution >= 4 is 63.4 Å². The summed E-state index contributed by atoms with van der Waals surface area (Å²) >= 11 is 17.3. The summed E-state index contributed by atoms with van der Waals surface area (Å²) in [6.07, 6.45) is 1.57. The van der Waals surface area contributed by atoms with Gasteiger partial charge in [0.1, 0.15) is 17.9 Å². The van der Waals surface area contributed by atoms with Crippen molar-refractivity contribution in [2.45, 2.75) is 6.61 Å². The zero-order valence-electron chi connectivity index (χ0n) is 17.0. The van der Waals surface area contributed by atoms with Gasteiger partial charge in [0.2, 0.25) is 0 Å². The van der Waals surface area contributed by atoms with Crippen molar-refractivity contribution in [2.24, 2.45) is 5.10 Å². The van der Waals surface area contributed by atoms with Crippen LogP contribution in [0, 0.1) is 0 Å². The molecule has 0 aliphatic carbocycles. The normalized spacial score (nSPS) is 11.0. The first-order valence-corrected chi connectivity index (χ1v) is 10.9. The van der Waals surface area contributed by atoms with Gasteiger partial charge in [0.05, 0.1) is 22.5 Å². The first kappa shape index (κ1) is 22.8. The van der Waals surface area contributed by atoms with Gasteiger partial charge in [-0.2, -0.15) is 5.10 Å². The maximum Gasteiger partial charge on any atom is 0.342 e. The summed E-state index contributed by atoms with van der Waals surface area (Å²) < 4.78 is 11.2. The van der Waals surface area contributed by atoms with Gasteiger partial charge in [0.25, 0.3) is 0 Å². The topological polar surface area (TPSA) is 75.9 Å². The Labute approximate surface area is 204 Å². The fourth-order valence-electron chi connectivity index (χ4n) is 2.98. The number of halogens is 2. The Morgan fingerprint density at radius 1 is 1.06 bits per heavy atom. The highest BCUT2D eigenvalue weighted by Crippen LogP contribution is 2.25. The molecule has 0 amide bonds. The van der Waals surface area contributed by atoms with E-state index >= 15 is 0 Å². The Hall–Kier alpha value is -3.39. The van der Waals surface area contributed by atoms with Crippen molar-refractivity contribution in [2.75, 3.05) is 5.32 Å². The fraction of sp³-hybridized carbons (Fsp3) is 0.0417. The maximum atomic E-state index is 12.3. The van der Waals surface area contributed by atoms with Crippen LogP contribution in [0.15, 0.2) is 87.1 Å². The molecule has 0 aliphatic rings. The first-order chi connectivity index (χ1) is 16.0. The molecule has 0 radical (unpaired) electrons. The van der Waals surface area contributed by atoms with Crippen LogP contribution in [0.4, 0.5) is 5.69 Å². The summed E-state index contributed by atoms with van der Waals surface area (Å²) in [4.78, 5) is 12.3. The van der Waals surface area contributed by atoms with Crippen LogP contribution < -0.4 is 21.1 Å². The number of nitrogens with zero attached hydrogens (tertiary/aromatic N) is 1. The fourth-order valence-corrected chi connectivity index (χ4v) is 3.60. The Kier molecular flexibility index (Phi) is 7.24. The molecular formula is C24H17Cl2N3O3S. The first-order valence-electron chi connectivity index (χ1n) is 9.78. The van der Waals surface area contributed by atoms with Crippen molar-refractivity contribution < 1.29 is 9.15 Å². The zero-order chi connectivity index (χ0) is 23.2. The van der Waals surface area contributed by atoms with Crippen LogP contribution >= 0.6 is 35.4 Å². The van der Waals surface area contributed by atoms with Gasteiger partial charge in [-0.1, -0.05) is 53.5 Å².